The van der Waals surface area contributed by atoms with Gasteiger partial charge in [-0.2, -0.15) is 0 Å². The normalized spacial score (nSPS) is 15.7. The molecule has 2 heterocycles. The summed E-state index contributed by atoms with van der Waals surface area (Å²) in [5, 5.41) is 2.68. The topological polar surface area (TPSA) is 60.5 Å². The van der Waals surface area contributed by atoms with Gasteiger partial charge in [-0.15, -0.1) is 0 Å². The number of amides is 1. The lowest BCUT2D eigenvalue weighted by atomic mass is 9.95. The third-order valence-electron chi connectivity index (χ3n) is 3.61. The Bertz CT molecular complexity index is 445. The Morgan fingerprint density at radius 1 is 1.43 bits per heavy atom. The highest BCUT2D eigenvalue weighted by Gasteiger charge is 2.15. The van der Waals surface area contributed by atoms with Crippen LogP contribution in [-0.4, -0.2) is 30.9 Å². The van der Waals surface area contributed by atoms with E-state index in [-0.39, 0.29) is 0 Å². The summed E-state index contributed by atoms with van der Waals surface area (Å²) in [6.45, 7) is 4.19. The van der Waals surface area contributed by atoms with Crippen LogP contribution in [-0.2, 0) is 15.9 Å². The van der Waals surface area contributed by atoms with Crippen molar-refractivity contribution in [2.45, 2.75) is 39.0 Å². The van der Waals surface area contributed by atoms with Gasteiger partial charge in [0.2, 0.25) is 0 Å². The van der Waals surface area contributed by atoms with Crippen LogP contribution in [0.3, 0.4) is 0 Å². The molecule has 0 radical (unpaired) electrons. The zero-order chi connectivity index (χ0) is 14.9. The molecular weight excluding hydrogens is 268 g/mol. The summed E-state index contributed by atoms with van der Waals surface area (Å²) in [6, 6.07) is 5.71. The van der Waals surface area contributed by atoms with Crippen molar-refractivity contribution in [2.24, 2.45) is 5.92 Å². The molecule has 5 nitrogen and oxygen atoms in total. The molecule has 0 bridgehead atoms. The smallest absolute Gasteiger partial charge is 0.412 e. The van der Waals surface area contributed by atoms with Crippen LogP contribution in [0.5, 0.6) is 0 Å². The Morgan fingerprint density at radius 3 is 3.00 bits per heavy atom. The Hall–Kier alpha value is -1.62. The molecule has 1 fully saturated rings. The fourth-order valence-electron chi connectivity index (χ4n) is 2.36. The van der Waals surface area contributed by atoms with Crippen molar-refractivity contribution in [1.82, 2.24) is 4.98 Å². The molecule has 0 saturated carbocycles. The fraction of sp³-hybridized carbons (Fsp3) is 0.625. The van der Waals surface area contributed by atoms with E-state index in [1.54, 1.807) is 6.07 Å². The van der Waals surface area contributed by atoms with Gasteiger partial charge in [0.25, 0.3) is 0 Å². The number of aromatic nitrogens is 1. The number of unbranched alkanes of at least 4 members (excludes halogenated alkanes) is 1. The van der Waals surface area contributed by atoms with Gasteiger partial charge in [-0.25, -0.2) is 9.78 Å². The maximum absolute atomic E-state index is 11.6. The molecule has 1 aliphatic heterocycles. The first kappa shape index (κ1) is 15.8. The summed E-state index contributed by atoms with van der Waals surface area (Å²) in [5.74, 6) is 1.18. The second-order valence-electron chi connectivity index (χ2n) is 5.39. The quantitative estimate of drug-likeness (QED) is 0.816. The van der Waals surface area contributed by atoms with Gasteiger partial charge < -0.3 is 9.47 Å². The molecule has 5 heteroatoms. The number of ether oxygens (including phenoxy) is 2. The zero-order valence-corrected chi connectivity index (χ0v) is 12.6. The van der Waals surface area contributed by atoms with Crippen molar-refractivity contribution < 1.29 is 14.3 Å². The SMILES string of the molecule is CCCCOC(=O)Nc1cccc(CC2CCOCC2)n1. The van der Waals surface area contributed by atoms with Crippen molar-refractivity contribution >= 4 is 11.9 Å². The molecule has 1 N–H and O–H groups in total. The molecule has 1 aromatic heterocycles. The van der Waals surface area contributed by atoms with Gasteiger partial charge in [0.05, 0.1) is 6.61 Å². The summed E-state index contributed by atoms with van der Waals surface area (Å²) < 4.78 is 10.4. The number of hydrogen-bond acceptors (Lipinski definition) is 4. The molecule has 0 aromatic carbocycles. The first-order valence-corrected chi connectivity index (χ1v) is 7.75. The van der Waals surface area contributed by atoms with Gasteiger partial charge in [-0.1, -0.05) is 19.4 Å². The first-order valence-electron chi connectivity index (χ1n) is 7.75. The highest BCUT2D eigenvalue weighted by atomic mass is 16.5. The van der Waals surface area contributed by atoms with E-state index in [1.165, 1.54) is 0 Å². The predicted molar refractivity (Wildman–Crippen MR) is 81.4 cm³/mol. The predicted octanol–water partition coefficient (Wildman–Crippen LogP) is 3.40. The largest absolute Gasteiger partial charge is 0.449 e. The maximum Gasteiger partial charge on any atom is 0.412 e. The second kappa shape index (κ2) is 8.62. The molecule has 0 spiro atoms. The highest BCUT2D eigenvalue weighted by molar-refractivity contribution is 5.83. The Labute approximate surface area is 126 Å². The molecule has 116 valence electrons. The second-order valence-corrected chi connectivity index (χ2v) is 5.39. The van der Waals surface area contributed by atoms with Crippen LogP contribution in [0.4, 0.5) is 10.6 Å². The van der Waals surface area contributed by atoms with E-state index in [2.05, 4.69) is 17.2 Å². The third kappa shape index (κ3) is 5.71. The average molecular weight is 292 g/mol. The maximum atomic E-state index is 11.6. The van der Waals surface area contributed by atoms with E-state index in [0.717, 1.165) is 51.0 Å². The Kier molecular flexibility index (Phi) is 6.47. The van der Waals surface area contributed by atoms with Gasteiger partial charge >= 0.3 is 6.09 Å². The number of hydrogen-bond donors (Lipinski definition) is 1. The summed E-state index contributed by atoms with van der Waals surface area (Å²) in [4.78, 5) is 16.1. The summed E-state index contributed by atoms with van der Waals surface area (Å²) in [5.41, 5.74) is 1.01. The minimum Gasteiger partial charge on any atom is -0.449 e. The standard InChI is InChI=1S/C16H24N2O3/c1-2-3-9-21-16(19)18-15-6-4-5-14(17-15)12-13-7-10-20-11-8-13/h4-6,13H,2-3,7-12H2,1H3,(H,17,18,19). The first-order chi connectivity index (χ1) is 10.3. The van der Waals surface area contributed by atoms with Crippen LogP contribution >= 0.6 is 0 Å². The molecule has 2 rings (SSSR count). The van der Waals surface area contributed by atoms with Crippen LogP contribution < -0.4 is 5.32 Å². The van der Waals surface area contributed by atoms with Crippen molar-refractivity contribution in [3.8, 4) is 0 Å². The molecule has 0 aliphatic carbocycles. The van der Waals surface area contributed by atoms with Gasteiger partial charge in [0.15, 0.2) is 0 Å². The molecule has 1 amide bonds. The number of carbonyl (C=O) groups is 1. The number of carbonyl (C=O) groups excluding carboxylic acids is 1. The van der Waals surface area contributed by atoms with Crippen LogP contribution in [0.2, 0.25) is 0 Å². The third-order valence-corrected chi connectivity index (χ3v) is 3.61. The number of nitrogens with zero attached hydrogens (tertiary/aromatic N) is 1. The molecular formula is C16H24N2O3. The average Bonchev–Trinajstić information content (AvgIpc) is 2.49. The minimum atomic E-state index is -0.431. The van der Waals surface area contributed by atoms with E-state index in [4.69, 9.17) is 9.47 Å². The van der Waals surface area contributed by atoms with Gasteiger partial charge in [-0.3, -0.25) is 5.32 Å². The molecule has 1 aliphatic rings. The van der Waals surface area contributed by atoms with Crippen LogP contribution in [0.1, 0.15) is 38.3 Å². The van der Waals surface area contributed by atoms with Crippen molar-refractivity contribution in [2.75, 3.05) is 25.1 Å². The monoisotopic (exact) mass is 292 g/mol. The van der Waals surface area contributed by atoms with Crippen molar-refractivity contribution in [3.63, 3.8) is 0 Å². The molecule has 0 unspecified atom stereocenters. The van der Waals surface area contributed by atoms with Crippen LogP contribution in [0.15, 0.2) is 18.2 Å². The van der Waals surface area contributed by atoms with Gasteiger partial charge in [-0.05, 0) is 43.7 Å². The summed E-state index contributed by atoms with van der Waals surface area (Å²) in [6.07, 6.45) is 4.55. The lowest BCUT2D eigenvalue weighted by molar-refractivity contribution is 0.0663. The number of anilines is 1. The van der Waals surface area contributed by atoms with E-state index < -0.39 is 6.09 Å². The lowest BCUT2D eigenvalue weighted by Gasteiger charge is -2.21. The number of pyridine rings is 1. The summed E-state index contributed by atoms with van der Waals surface area (Å²) in [7, 11) is 0. The van der Waals surface area contributed by atoms with Crippen LogP contribution in [0.25, 0.3) is 0 Å². The van der Waals surface area contributed by atoms with E-state index in [9.17, 15) is 4.79 Å². The van der Waals surface area contributed by atoms with Crippen molar-refractivity contribution in [3.05, 3.63) is 23.9 Å². The van der Waals surface area contributed by atoms with Crippen molar-refractivity contribution in [1.29, 1.82) is 0 Å². The lowest BCUT2D eigenvalue weighted by Crippen LogP contribution is -2.19. The molecule has 1 saturated heterocycles. The molecule has 0 atom stereocenters. The number of rotatable bonds is 6. The number of nitrogens with one attached hydrogen (secondary N) is 1. The van der Waals surface area contributed by atoms with Gasteiger partial charge in [0.1, 0.15) is 5.82 Å². The molecule has 1 aromatic rings. The Morgan fingerprint density at radius 2 is 2.24 bits per heavy atom. The minimum absolute atomic E-state index is 0.431. The highest BCUT2D eigenvalue weighted by Crippen LogP contribution is 2.19. The van der Waals surface area contributed by atoms with E-state index in [1.807, 2.05) is 12.1 Å². The zero-order valence-electron chi connectivity index (χ0n) is 12.6. The molecule has 21 heavy (non-hydrogen) atoms. The summed E-state index contributed by atoms with van der Waals surface area (Å²) >= 11 is 0. The van der Waals surface area contributed by atoms with E-state index >= 15 is 0 Å². The van der Waals surface area contributed by atoms with E-state index in [0.29, 0.717) is 18.3 Å². The van der Waals surface area contributed by atoms with Gasteiger partial charge in [0, 0.05) is 18.9 Å². The van der Waals surface area contributed by atoms with Crippen LogP contribution in [0, 0.1) is 5.92 Å². The Balaban J connectivity index is 1.83. The fourth-order valence-corrected chi connectivity index (χ4v) is 2.36.